The van der Waals surface area contributed by atoms with Crippen LogP contribution in [0.3, 0.4) is 0 Å². The summed E-state index contributed by atoms with van der Waals surface area (Å²) in [6, 6.07) is 17.2. The molecular weight excluding hydrogens is 356 g/mol. The van der Waals surface area contributed by atoms with Crippen LogP contribution in [-0.4, -0.2) is 13.0 Å². The second-order valence-corrected chi connectivity index (χ2v) is 6.32. The number of ether oxygens (including phenoxy) is 1. The standard InChI is InChI=1S/C18H15BrN2O2/c1-23-16-8-6-15(7-9-16)21-17(22)10-11-18(21,12-20)13-2-4-14(19)5-3-13/h2-9H,10-11H2,1H3/t18-/m0/s1. The Hall–Kier alpha value is -2.32. The molecule has 1 heterocycles. The van der Waals surface area contributed by atoms with Crippen molar-refractivity contribution in [3.8, 4) is 11.8 Å². The SMILES string of the molecule is COc1ccc(N2C(=O)CC[C@]2(C#N)c2ccc(Br)cc2)cc1. The van der Waals surface area contributed by atoms with Crippen LogP contribution in [0.15, 0.2) is 53.0 Å². The maximum absolute atomic E-state index is 12.5. The normalized spacial score (nSPS) is 20.4. The molecule has 0 saturated carbocycles. The van der Waals surface area contributed by atoms with Crippen molar-refractivity contribution in [3.63, 3.8) is 0 Å². The van der Waals surface area contributed by atoms with Crippen molar-refractivity contribution in [2.75, 3.05) is 12.0 Å². The Balaban J connectivity index is 2.09. The highest BCUT2D eigenvalue weighted by Gasteiger charge is 2.48. The largest absolute Gasteiger partial charge is 0.497 e. The van der Waals surface area contributed by atoms with Gasteiger partial charge < -0.3 is 4.74 Å². The first kappa shape index (κ1) is 15.6. The molecule has 5 heteroatoms. The number of carbonyl (C=O) groups excluding carboxylic acids is 1. The minimum absolute atomic E-state index is 0.0420. The van der Waals surface area contributed by atoms with E-state index in [0.717, 1.165) is 10.0 Å². The van der Waals surface area contributed by atoms with Crippen LogP contribution in [0.25, 0.3) is 0 Å². The average molecular weight is 371 g/mol. The highest BCUT2D eigenvalue weighted by Crippen LogP contribution is 2.42. The lowest BCUT2D eigenvalue weighted by atomic mass is 9.88. The van der Waals surface area contributed by atoms with Crippen molar-refractivity contribution in [1.82, 2.24) is 0 Å². The molecule has 4 nitrogen and oxygen atoms in total. The van der Waals surface area contributed by atoms with Crippen LogP contribution in [0.1, 0.15) is 18.4 Å². The van der Waals surface area contributed by atoms with Crippen LogP contribution in [0.5, 0.6) is 5.75 Å². The highest BCUT2D eigenvalue weighted by molar-refractivity contribution is 9.10. The number of nitriles is 1. The van der Waals surface area contributed by atoms with Gasteiger partial charge in [0.1, 0.15) is 5.75 Å². The zero-order valence-corrected chi connectivity index (χ0v) is 14.2. The topological polar surface area (TPSA) is 53.3 Å². The van der Waals surface area contributed by atoms with Crippen LogP contribution >= 0.6 is 15.9 Å². The quantitative estimate of drug-likeness (QED) is 0.820. The van der Waals surface area contributed by atoms with Crippen molar-refractivity contribution in [1.29, 1.82) is 5.26 Å². The predicted octanol–water partition coefficient (Wildman–Crippen LogP) is 4.00. The van der Waals surface area contributed by atoms with Crippen molar-refractivity contribution >= 4 is 27.5 Å². The number of hydrogen-bond donors (Lipinski definition) is 0. The van der Waals surface area contributed by atoms with Gasteiger partial charge in [0.2, 0.25) is 5.91 Å². The number of benzene rings is 2. The Bertz CT molecular complexity index is 765. The number of nitrogens with zero attached hydrogens (tertiary/aromatic N) is 2. The monoisotopic (exact) mass is 370 g/mol. The van der Waals surface area contributed by atoms with Crippen LogP contribution in [0, 0.1) is 11.3 Å². The fourth-order valence-electron chi connectivity index (χ4n) is 2.99. The lowest BCUT2D eigenvalue weighted by Gasteiger charge is -2.33. The van der Waals surface area contributed by atoms with Crippen LogP contribution in [0.4, 0.5) is 5.69 Å². The molecule has 0 aromatic heterocycles. The van der Waals surface area contributed by atoms with Crippen molar-refractivity contribution in [2.24, 2.45) is 0 Å². The molecule has 116 valence electrons. The molecule has 0 aliphatic carbocycles. The molecule has 1 aliphatic rings. The lowest BCUT2D eigenvalue weighted by Crippen LogP contribution is -2.42. The Morgan fingerprint density at radius 2 is 1.83 bits per heavy atom. The lowest BCUT2D eigenvalue weighted by molar-refractivity contribution is -0.117. The minimum Gasteiger partial charge on any atom is -0.497 e. The molecule has 0 radical (unpaired) electrons. The second kappa shape index (κ2) is 6.05. The number of carbonyl (C=O) groups is 1. The van der Waals surface area contributed by atoms with E-state index in [4.69, 9.17) is 4.74 Å². The Morgan fingerprint density at radius 3 is 2.39 bits per heavy atom. The molecule has 0 bridgehead atoms. The molecule has 1 fully saturated rings. The summed E-state index contributed by atoms with van der Waals surface area (Å²) in [6.07, 6.45) is 0.839. The van der Waals surface area contributed by atoms with E-state index < -0.39 is 5.54 Å². The molecule has 1 amide bonds. The molecule has 2 aromatic carbocycles. The Labute approximate surface area is 143 Å². The van der Waals surface area contributed by atoms with Gasteiger partial charge in [0.05, 0.1) is 13.2 Å². The molecule has 1 aliphatic heterocycles. The Morgan fingerprint density at radius 1 is 1.17 bits per heavy atom. The van der Waals surface area contributed by atoms with Crippen molar-refractivity contribution in [2.45, 2.75) is 18.4 Å². The van der Waals surface area contributed by atoms with Gasteiger partial charge in [-0.1, -0.05) is 28.1 Å². The summed E-state index contributed by atoms with van der Waals surface area (Å²) < 4.78 is 6.10. The third-order valence-electron chi connectivity index (χ3n) is 4.17. The summed E-state index contributed by atoms with van der Waals surface area (Å²) in [5.74, 6) is 0.672. The Kier molecular flexibility index (Phi) is 4.10. The number of anilines is 1. The van der Waals surface area contributed by atoms with Crippen molar-refractivity contribution < 1.29 is 9.53 Å². The first-order valence-electron chi connectivity index (χ1n) is 7.25. The van der Waals surface area contributed by atoms with Crippen LogP contribution in [-0.2, 0) is 10.3 Å². The van der Waals surface area contributed by atoms with E-state index >= 15 is 0 Å². The van der Waals surface area contributed by atoms with Crippen molar-refractivity contribution in [3.05, 3.63) is 58.6 Å². The van der Waals surface area contributed by atoms with Gasteiger partial charge in [0.25, 0.3) is 0 Å². The summed E-state index contributed by atoms with van der Waals surface area (Å²) >= 11 is 3.40. The van der Waals surface area contributed by atoms with Gasteiger partial charge in [-0.05, 0) is 48.4 Å². The number of rotatable bonds is 3. The second-order valence-electron chi connectivity index (χ2n) is 5.41. The number of hydrogen-bond acceptors (Lipinski definition) is 3. The highest BCUT2D eigenvalue weighted by atomic mass is 79.9. The number of methoxy groups -OCH3 is 1. The zero-order chi connectivity index (χ0) is 16.4. The third-order valence-corrected chi connectivity index (χ3v) is 4.70. The minimum atomic E-state index is -0.966. The van der Waals surface area contributed by atoms with Gasteiger partial charge in [-0.3, -0.25) is 9.69 Å². The summed E-state index contributed by atoms with van der Waals surface area (Å²) in [5, 5.41) is 9.91. The molecule has 23 heavy (non-hydrogen) atoms. The smallest absolute Gasteiger partial charge is 0.228 e. The van der Waals surface area contributed by atoms with E-state index in [9.17, 15) is 10.1 Å². The summed E-state index contributed by atoms with van der Waals surface area (Å²) in [7, 11) is 1.59. The van der Waals surface area contributed by atoms with E-state index in [1.807, 2.05) is 36.4 Å². The molecule has 1 atom stereocenters. The zero-order valence-electron chi connectivity index (χ0n) is 12.6. The van der Waals surface area contributed by atoms with E-state index in [0.29, 0.717) is 24.3 Å². The van der Waals surface area contributed by atoms with Gasteiger partial charge in [-0.2, -0.15) is 5.26 Å². The van der Waals surface area contributed by atoms with E-state index in [1.165, 1.54) is 0 Å². The summed E-state index contributed by atoms with van der Waals surface area (Å²) in [5.41, 5.74) is 0.564. The average Bonchev–Trinajstić information content (AvgIpc) is 2.93. The van der Waals surface area contributed by atoms with Gasteiger partial charge in [-0.15, -0.1) is 0 Å². The molecule has 0 unspecified atom stereocenters. The molecule has 3 rings (SSSR count). The number of halogens is 1. The van der Waals surface area contributed by atoms with E-state index in [1.54, 1.807) is 24.1 Å². The summed E-state index contributed by atoms with van der Waals surface area (Å²) in [6.45, 7) is 0. The van der Waals surface area contributed by atoms with Gasteiger partial charge in [0.15, 0.2) is 5.54 Å². The van der Waals surface area contributed by atoms with Gasteiger partial charge in [-0.25, -0.2) is 0 Å². The molecule has 1 saturated heterocycles. The molecule has 2 aromatic rings. The molecule has 0 spiro atoms. The predicted molar refractivity (Wildman–Crippen MR) is 91.1 cm³/mol. The van der Waals surface area contributed by atoms with E-state index in [2.05, 4.69) is 22.0 Å². The first-order valence-corrected chi connectivity index (χ1v) is 8.04. The van der Waals surface area contributed by atoms with Crippen LogP contribution < -0.4 is 9.64 Å². The summed E-state index contributed by atoms with van der Waals surface area (Å²) in [4.78, 5) is 14.1. The molecule has 0 N–H and O–H groups in total. The fraction of sp³-hybridized carbons (Fsp3) is 0.222. The molecular formula is C18H15BrN2O2. The van der Waals surface area contributed by atoms with Gasteiger partial charge >= 0.3 is 0 Å². The third kappa shape index (κ3) is 2.60. The van der Waals surface area contributed by atoms with E-state index in [-0.39, 0.29) is 5.91 Å². The maximum Gasteiger partial charge on any atom is 0.228 e. The van der Waals surface area contributed by atoms with Crippen LogP contribution in [0.2, 0.25) is 0 Å². The first-order chi connectivity index (χ1) is 11.1. The number of amides is 1. The maximum atomic E-state index is 12.5. The van der Waals surface area contributed by atoms with Gasteiger partial charge in [0, 0.05) is 16.6 Å². The fourth-order valence-corrected chi connectivity index (χ4v) is 3.25.